The number of nitrogens with one attached hydrogen (secondary N) is 2. The average Bonchev–Trinajstić information content (AvgIpc) is 2.61. The summed E-state index contributed by atoms with van der Waals surface area (Å²) >= 11 is 0. The second-order valence-corrected chi connectivity index (χ2v) is 6.34. The Balaban J connectivity index is 2.19. The van der Waals surface area contributed by atoms with E-state index in [2.05, 4.69) is 10.6 Å². The van der Waals surface area contributed by atoms with Crippen LogP contribution in [-0.2, 0) is 14.3 Å². The van der Waals surface area contributed by atoms with Crippen LogP contribution in [0.2, 0.25) is 0 Å². The van der Waals surface area contributed by atoms with Gasteiger partial charge < -0.3 is 35.8 Å². The van der Waals surface area contributed by atoms with E-state index in [1.54, 1.807) is 0 Å². The van der Waals surface area contributed by atoms with Crippen molar-refractivity contribution in [1.82, 2.24) is 10.6 Å². The molecule has 7 atom stereocenters. The van der Waals surface area contributed by atoms with Gasteiger partial charge in [0.05, 0.1) is 18.6 Å². The van der Waals surface area contributed by atoms with Crippen molar-refractivity contribution in [3.63, 3.8) is 0 Å². The number of hydrogen-bond donors (Lipinski definition) is 6. The minimum atomic E-state index is -1.63. The monoisotopic (exact) mass is 318 g/mol. The van der Waals surface area contributed by atoms with E-state index in [1.165, 1.54) is 20.8 Å². The summed E-state index contributed by atoms with van der Waals surface area (Å²) in [5.74, 6) is -1.25. The SMILES string of the molecule is CC1OC(O)C(O)C(NC(=O)C2(C)NC(=O)CC2(C)O)C1O. The number of carbonyl (C=O) groups excluding carboxylic acids is 2. The van der Waals surface area contributed by atoms with Gasteiger partial charge in [0.25, 0.3) is 0 Å². The molecule has 0 bridgehead atoms. The molecule has 7 unspecified atom stereocenters. The molecule has 0 spiro atoms. The van der Waals surface area contributed by atoms with Gasteiger partial charge in [0.15, 0.2) is 6.29 Å². The number of rotatable bonds is 2. The maximum atomic E-state index is 12.5. The molecule has 0 aromatic heterocycles. The predicted octanol–water partition coefficient (Wildman–Crippen LogP) is -3.04. The van der Waals surface area contributed by atoms with Crippen molar-refractivity contribution < 1.29 is 34.8 Å². The molecule has 0 saturated carbocycles. The molecule has 2 aliphatic rings. The Morgan fingerprint density at radius 1 is 1.32 bits per heavy atom. The lowest BCUT2D eigenvalue weighted by Crippen LogP contribution is -2.69. The lowest BCUT2D eigenvalue weighted by molar-refractivity contribution is -0.251. The van der Waals surface area contributed by atoms with E-state index in [-0.39, 0.29) is 6.42 Å². The zero-order chi connectivity index (χ0) is 16.9. The van der Waals surface area contributed by atoms with Crippen LogP contribution >= 0.6 is 0 Å². The van der Waals surface area contributed by atoms with E-state index in [1.807, 2.05) is 0 Å². The predicted molar refractivity (Wildman–Crippen MR) is 72.3 cm³/mol. The number of aliphatic hydroxyl groups is 4. The second kappa shape index (κ2) is 5.43. The highest BCUT2D eigenvalue weighted by atomic mass is 16.6. The molecule has 0 aliphatic carbocycles. The van der Waals surface area contributed by atoms with E-state index >= 15 is 0 Å². The topological polar surface area (TPSA) is 148 Å². The summed E-state index contributed by atoms with van der Waals surface area (Å²) < 4.78 is 4.92. The van der Waals surface area contributed by atoms with Crippen molar-refractivity contribution >= 4 is 11.8 Å². The number of amides is 2. The van der Waals surface area contributed by atoms with Crippen LogP contribution in [0.4, 0.5) is 0 Å². The Labute approximate surface area is 127 Å². The van der Waals surface area contributed by atoms with Gasteiger partial charge in [-0.15, -0.1) is 0 Å². The summed E-state index contributed by atoms with van der Waals surface area (Å²) in [6.45, 7) is 4.18. The van der Waals surface area contributed by atoms with E-state index in [9.17, 15) is 30.0 Å². The summed E-state index contributed by atoms with van der Waals surface area (Å²) in [4.78, 5) is 24.0. The third-order valence-electron chi connectivity index (χ3n) is 4.59. The van der Waals surface area contributed by atoms with E-state index in [0.717, 1.165) is 0 Å². The van der Waals surface area contributed by atoms with Crippen molar-refractivity contribution in [2.45, 2.75) is 69.0 Å². The van der Waals surface area contributed by atoms with E-state index in [4.69, 9.17) is 4.74 Å². The van der Waals surface area contributed by atoms with Crippen molar-refractivity contribution in [3.05, 3.63) is 0 Å². The molecule has 2 heterocycles. The minimum Gasteiger partial charge on any atom is -0.388 e. The fourth-order valence-corrected chi connectivity index (χ4v) is 2.77. The molecule has 126 valence electrons. The molecule has 2 fully saturated rings. The van der Waals surface area contributed by atoms with Crippen molar-refractivity contribution in [2.75, 3.05) is 0 Å². The lowest BCUT2D eigenvalue weighted by atomic mass is 9.82. The highest BCUT2D eigenvalue weighted by Gasteiger charge is 2.57. The van der Waals surface area contributed by atoms with Crippen LogP contribution in [0.25, 0.3) is 0 Å². The third-order valence-corrected chi connectivity index (χ3v) is 4.59. The Bertz CT molecular complexity index is 469. The highest BCUT2D eigenvalue weighted by molar-refractivity contribution is 5.96. The first-order chi connectivity index (χ1) is 9.99. The molecule has 2 rings (SSSR count). The van der Waals surface area contributed by atoms with Crippen LogP contribution in [0.5, 0.6) is 0 Å². The van der Waals surface area contributed by atoms with Gasteiger partial charge in [-0.1, -0.05) is 0 Å². The van der Waals surface area contributed by atoms with Crippen LogP contribution in [0.15, 0.2) is 0 Å². The van der Waals surface area contributed by atoms with Gasteiger partial charge >= 0.3 is 0 Å². The Morgan fingerprint density at radius 2 is 1.91 bits per heavy atom. The molecule has 0 aromatic carbocycles. The molecule has 6 N–H and O–H groups in total. The second-order valence-electron chi connectivity index (χ2n) is 6.34. The van der Waals surface area contributed by atoms with Crippen LogP contribution in [0, 0.1) is 0 Å². The molecule has 0 radical (unpaired) electrons. The first kappa shape index (κ1) is 17.1. The van der Waals surface area contributed by atoms with Gasteiger partial charge in [0.2, 0.25) is 11.8 Å². The number of ether oxygens (including phenoxy) is 1. The maximum Gasteiger partial charge on any atom is 0.248 e. The fourth-order valence-electron chi connectivity index (χ4n) is 2.77. The molecule has 9 nitrogen and oxygen atoms in total. The van der Waals surface area contributed by atoms with Gasteiger partial charge in [-0.25, -0.2) is 0 Å². The lowest BCUT2D eigenvalue weighted by Gasteiger charge is -2.42. The molecular weight excluding hydrogens is 296 g/mol. The molecule has 0 aromatic rings. The summed E-state index contributed by atoms with van der Waals surface area (Å²) in [7, 11) is 0. The number of aliphatic hydroxyl groups excluding tert-OH is 3. The highest BCUT2D eigenvalue weighted by Crippen LogP contribution is 2.32. The summed E-state index contributed by atoms with van der Waals surface area (Å²) in [6, 6.07) is -1.20. The Kier molecular flexibility index (Phi) is 4.22. The summed E-state index contributed by atoms with van der Waals surface area (Å²) in [5, 5.41) is 44.5. The summed E-state index contributed by atoms with van der Waals surface area (Å²) in [6.07, 6.45) is -5.41. The van der Waals surface area contributed by atoms with Crippen LogP contribution < -0.4 is 10.6 Å². The Morgan fingerprint density at radius 3 is 2.41 bits per heavy atom. The quantitative estimate of drug-likeness (QED) is 0.317. The maximum absolute atomic E-state index is 12.5. The van der Waals surface area contributed by atoms with Gasteiger partial charge in [-0.2, -0.15) is 0 Å². The molecule has 2 aliphatic heterocycles. The number of carbonyl (C=O) groups is 2. The summed E-state index contributed by atoms with van der Waals surface area (Å²) in [5.41, 5.74) is -3.24. The Hall–Kier alpha value is -1.26. The van der Waals surface area contributed by atoms with Crippen molar-refractivity contribution in [2.24, 2.45) is 0 Å². The zero-order valence-electron chi connectivity index (χ0n) is 12.6. The molecule has 22 heavy (non-hydrogen) atoms. The van der Waals surface area contributed by atoms with Crippen molar-refractivity contribution in [3.8, 4) is 0 Å². The molecular formula is C13H22N2O7. The normalized spacial score (nSPS) is 48.9. The smallest absolute Gasteiger partial charge is 0.248 e. The standard InChI is InChI=1S/C13H22N2O7/c1-5-8(17)7(9(18)10(19)22-5)14-11(20)13(3)12(2,21)4-6(16)15-13/h5,7-10,17-19,21H,4H2,1-3H3,(H,14,20)(H,15,16). The van der Waals surface area contributed by atoms with Gasteiger partial charge in [0.1, 0.15) is 23.3 Å². The third kappa shape index (κ3) is 2.59. The van der Waals surface area contributed by atoms with Crippen LogP contribution in [-0.4, -0.2) is 74.0 Å². The van der Waals surface area contributed by atoms with Crippen LogP contribution in [0.3, 0.4) is 0 Å². The minimum absolute atomic E-state index is 0.241. The molecule has 2 saturated heterocycles. The first-order valence-electron chi connectivity index (χ1n) is 7.03. The fraction of sp³-hybridized carbons (Fsp3) is 0.846. The largest absolute Gasteiger partial charge is 0.388 e. The van der Waals surface area contributed by atoms with Crippen LogP contribution in [0.1, 0.15) is 27.2 Å². The van der Waals surface area contributed by atoms with Gasteiger partial charge in [-0.05, 0) is 20.8 Å². The van der Waals surface area contributed by atoms with Gasteiger partial charge in [0, 0.05) is 0 Å². The van der Waals surface area contributed by atoms with Gasteiger partial charge in [-0.3, -0.25) is 9.59 Å². The molecule has 2 amide bonds. The zero-order valence-corrected chi connectivity index (χ0v) is 12.6. The average molecular weight is 318 g/mol. The number of hydrogen-bond acceptors (Lipinski definition) is 7. The molecule has 9 heteroatoms. The van der Waals surface area contributed by atoms with E-state index < -0.39 is 53.6 Å². The van der Waals surface area contributed by atoms with E-state index in [0.29, 0.717) is 0 Å². The first-order valence-corrected chi connectivity index (χ1v) is 7.03. The van der Waals surface area contributed by atoms with Crippen molar-refractivity contribution in [1.29, 1.82) is 0 Å².